The molecule has 0 radical (unpaired) electrons. The highest BCUT2D eigenvalue weighted by Gasteiger charge is 2.48. The van der Waals surface area contributed by atoms with Crippen LogP contribution in [0.2, 0.25) is 0 Å². The summed E-state index contributed by atoms with van der Waals surface area (Å²) in [6, 6.07) is 10.3. The summed E-state index contributed by atoms with van der Waals surface area (Å²) in [5, 5.41) is 20.3. The van der Waals surface area contributed by atoms with E-state index in [0.29, 0.717) is 11.1 Å². The van der Waals surface area contributed by atoms with Gasteiger partial charge in [-0.05, 0) is 18.4 Å². The van der Waals surface area contributed by atoms with Gasteiger partial charge in [-0.25, -0.2) is 13.3 Å². The standard InChI is InChI=1S/C25H26F2N2O5S.C2H6/c26-16-9-18-17(10-22(29(18)35-27)34-21-12-33-24-20(31)11-32-25(21)24)28-23(16)14-7-5-13(6-8-14)15-3-1-2-4-19(15)30;1-2/h5-10,15,19-21,24-25,30-31H,1-4,11-12H2;1-2H3/t15-,19-,20+,21+,24?,25+;/m0./s1. The molecular formula is C27H32F2N2O5S. The van der Waals surface area contributed by atoms with Crippen molar-refractivity contribution in [2.24, 2.45) is 0 Å². The van der Waals surface area contributed by atoms with Crippen LogP contribution in [0.5, 0.6) is 5.88 Å². The van der Waals surface area contributed by atoms with Crippen molar-refractivity contribution >= 4 is 23.4 Å². The number of hydrogen-bond donors (Lipinski definition) is 2. The number of benzene rings is 1. The fourth-order valence-electron chi connectivity index (χ4n) is 5.50. The number of aliphatic hydroxyl groups is 2. The van der Waals surface area contributed by atoms with Gasteiger partial charge in [0, 0.05) is 23.6 Å². The minimum absolute atomic E-state index is 0.0949. The lowest BCUT2D eigenvalue weighted by molar-refractivity contribution is 0.00776. The molecule has 3 aromatic rings. The van der Waals surface area contributed by atoms with Crippen molar-refractivity contribution < 1.29 is 32.7 Å². The Kier molecular flexibility index (Phi) is 8.02. The van der Waals surface area contributed by atoms with E-state index in [9.17, 15) is 14.1 Å². The van der Waals surface area contributed by atoms with E-state index >= 15 is 4.39 Å². The van der Waals surface area contributed by atoms with Gasteiger partial charge in [0.2, 0.25) is 5.88 Å². The van der Waals surface area contributed by atoms with Crippen molar-refractivity contribution in [3.8, 4) is 17.1 Å². The molecule has 4 heterocycles. The van der Waals surface area contributed by atoms with Crippen LogP contribution in [0.15, 0.2) is 36.4 Å². The molecule has 1 unspecified atom stereocenters. The van der Waals surface area contributed by atoms with Crippen molar-refractivity contribution in [1.29, 1.82) is 0 Å². The summed E-state index contributed by atoms with van der Waals surface area (Å²) in [5.74, 6) is -0.315. The normalized spacial score (nSPS) is 29.1. The molecule has 6 rings (SSSR count). The second kappa shape index (κ2) is 11.2. The number of aromatic nitrogens is 2. The molecule has 1 aromatic carbocycles. The summed E-state index contributed by atoms with van der Waals surface area (Å²) in [6.07, 6.45) is 1.33. The molecular weight excluding hydrogens is 502 g/mol. The summed E-state index contributed by atoms with van der Waals surface area (Å²) in [7, 11) is 0. The summed E-state index contributed by atoms with van der Waals surface area (Å²) >= 11 is -0.101. The van der Waals surface area contributed by atoms with Gasteiger partial charge < -0.3 is 24.4 Å². The first-order valence-corrected chi connectivity index (χ1v) is 13.6. The third-order valence-corrected chi connectivity index (χ3v) is 7.84. The number of pyridine rings is 1. The molecule has 0 amide bonds. The Morgan fingerprint density at radius 3 is 2.46 bits per heavy atom. The van der Waals surface area contributed by atoms with E-state index in [1.165, 1.54) is 6.07 Å². The van der Waals surface area contributed by atoms with Gasteiger partial charge in [-0.3, -0.25) is 0 Å². The highest BCUT2D eigenvalue weighted by molar-refractivity contribution is 7.93. The fraction of sp³-hybridized carbons (Fsp3) is 0.519. The largest absolute Gasteiger partial charge is 0.469 e. The third-order valence-electron chi connectivity index (χ3n) is 7.33. The van der Waals surface area contributed by atoms with Gasteiger partial charge in [0.15, 0.2) is 24.3 Å². The second-order valence-electron chi connectivity index (χ2n) is 9.47. The highest BCUT2D eigenvalue weighted by Crippen LogP contribution is 2.37. The van der Waals surface area contributed by atoms with Crippen molar-refractivity contribution in [3.63, 3.8) is 0 Å². The van der Waals surface area contributed by atoms with E-state index in [4.69, 9.17) is 14.2 Å². The van der Waals surface area contributed by atoms with Crippen molar-refractivity contribution in [1.82, 2.24) is 8.96 Å². The number of rotatable bonds is 5. The molecule has 3 fully saturated rings. The quantitative estimate of drug-likeness (QED) is 0.467. The monoisotopic (exact) mass is 534 g/mol. The number of nitrogens with zero attached hydrogens (tertiary/aromatic N) is 2. The molecule has 37 heavy (non-hydrogen) atoms. The molecule has 2 N–H and O–H groups in total. The lowest BCUT2D eigenvalue weighted by Crippen LogP contribution is -2.34. The topological polar surface area (TPSA) is 86.0 Å². The lowest BCUT2D eigenvalue weighted by atomic mass is 9.81. The summed E-state index contributed by atoms with van der Waals surface area (Å²) in [5.41, 5.74) is 2.43. The van der Waals surface area contributed by atoms with Crippen LogP contribution in [0.25, 0.3) is 22.3 Å². The maximum atomic E-state index is 15.1. The van der Waals surface area contributed by atoms with E-state index in [0.717, 1.165) is 35.2 Å². The highest BCUT2D eigenvalue weighted by atomic mass is 32.2. The molecule has 2 aromatic heterocycles. The van der Waals surface area contributed by atoms with Crippen molar-refractivity contribution in [3.05, 3.63) is 47.8 Å². The summed E-state index contributed by atoms with van der Waals surface area (Å²) in [6.45, 7) is 4.35. The number of hydrogen-bond acceptors (Lipinski definition) is 7. The zero-order valence-electron chi connectivity index (χ0n) is 20.8. The number of aliphatic hydroxyl groups excluding tert-OH is 2. The van der Waals surface area contributed by atoms with Crippen LogP contribution in [-0.2, 0) is 9.47 Å². The number of halogens is 2. The molecule has 2 aliphatic heterocycles. The van der Waals surface area contributed by atoms with Crippen LogP contribution in [0, 0.1) is 5.82 Å². The first kappa shape index (κ1) is 26.4. The minimum atomic E-state index is -0.721. The summed E-state index contributed by atoms with van der Waals surface area (Å²) in [4.78, 5) is 4.48. The second-order valence-corrected chi connectivity index (χ2v) is 9.97. The van der Waals surface area contributed by atoms with Gasteiger partial charge in [0.05, 0.1) is 30.4 Å². The molecule has 6 atom stereocenters. The maximum Gasteiger partial charge on any atom is 0.209 e. The first-order valence-electron chi connectivity index (χ1n) is 12.9. The van der Waals surface area contributed by atoms with Crippen molar-refractivity contribution in [2.75, 3.05) is 13.2 Å². The smallest absolute Gasteiger partial charge is 0.209 e. The van der Waals surface area contributed by atoms with Crippen LogP contribution in [0.3, 0.4) is 0 Å². The van der Waals surface area contributed by atoms with Gasteiger partial charge in [-0.1, -0.05) is 51.0 Å². The minimum Gasteiger partial charge on any atom is -0.469 e. The van der Waals surface area contributed by atoms with Gasteiger partial charge in [0.1, 0.15) is 24.0 Å². The predicted molar refractivity (Wildman–Crippen MR) is 138 cm³/mol. The van der Waals surface area contributed by atoms with E-state index in [2.05, 4.69) is 4.98 Å². The van der Waals surface area contributed by atoms with E-state index in [1.54, 1.807) is 6.07 Å². The van der Waals surface area contributed by atoms with Gasteiger partial charge in [0.25, 0.3) is 0 Å². The number of fused-ring (bicyclic) bond motifs is 2. The zero-order chi connectivity index (χ0) is 26.1. The Balaban J connectivity index is 0.00000137. The molecule has 200 valence electrons. The van der Waals surface area contributed by atoms with Crippen molar-refractivity contribution in [2.45, 2.75) is 76.0 Å². The van der Waals surface area contributed by atoms with E-state index in [1.807, 2.05) is 38.1 Å². The lowest BCUT2D eigenvalue weighted by Gasteiger charge is -2.28. The van der Waals surface area contributed by atoms with E-state index < -0.39 is 30.2 Å². The molecule has 0 spiro atoms. The molecule has 2 saturated heterocycles. The third kappa shape index (κ3) is 4.97. The zero-order valence-corrected chi connectivity index (χ0v) is 21.7. The number of ether oxygens (including phenoxy) is 3. The van der Waals surface area contributed by atoms with Crippen LogP contribution in [0.1, 0.15) is 51.0 Å². The Morgan fingerprint density at radius 2 is 1.73 bits per heavy atom. The van der Waals surface area contributed by atoms with Gasteiger partial charge in [-0.15, -0.1) is 3.89 Å². The average Bonchev–Trinajstić information content (AvgIpc) is 3.60. The Labute approximate surface area is 219 Å². The molecule has 3 aliphatic rings. The van der Waals surface area contributed by atoms with Crippen LogP contribution >= 0.6 is 12.3 Å². The van der Waals surface area contributed by atoms with Gasteiger partial charge in [-0.2, -0.15) is 0 Å². The van der Waals surface area contributed by atoms with E-state index in [-0.39, 0.29) is 54.7 Å². The SMILES string of the molecule is CC.O[C@@H]1CO[C@H]2C1OC[C@H]2Oc1cc2nc(-c3ccc([C@@H]4CCCC[C@@H]4O)cc3)c(F)cc2n1SF. The Bertz CT molecular complexity index is 1220. The maximum absolute atomic E-state index is 15.1. The summed E-state index contributed by atoms with van der Waals surface area (Å²) < 4.78 is 47.3. The van der Waals surface area contributed by atoms with Crippen LogP contribution in [0.4, 0.5) is 8.28 Å². The molecule has 1 saturated carbocycles. The molecule has 1 aliphatic carbocycles. The molecule has 7 nitrogen and oxygen atoms in total. The Hall–Kier alpha value is -2.24. The van der Waals surface area contributed by atoms with Crippen LogP contribution in [-0.4, -0.2) is 62.9 Å². The Morgan fingerprint density at radius 1 is 1.00 bits per heavy atom. The van der Waals surface area contributed by atoms with Crippen LogP contribution < -0.4 is 4.74 Å². The first-order chi connectivity index (χ1) is 18.0. The van der Waals surface area contributed by atoms with Gasteiger partial charge >= 0.3 is 0 Å². The average molecular weight is 535 g/mol. The fourth-order valence-corrected chi connectivity index (χ4v) is 5.88. The predicted octanol–water partition coefficient (Wildman–Crippen LogP) is 5.17. The molecule has 0 bridgehead atoms. The molecule has 10 heteroatoms.